The largest absolute Gasteiger partial charge is 0.379 e. The molecule has 6 heteroatoms. The van der Waals surface area contributed by atoms with E-state index < -0.39 is 0 Å². The molecule has 0 spiro atoms. The zero-order chi connectivity index (χ0) is 20.2. The maximum Gasteiger partial charge on any atom is 0.191 e. The van der Waals surface area contributed by atoms with Crippen molar-refractivity contribution in [2.75, 3.05) is 46.0 Å². The van der Waals surface area contributed by atoms with E-state index in [1.54, 1.807) is 0 Å². The molecule has 158 valence electrons. The second kappa shape index (κ2) is 12.8. The van der Waals surface area contributed by atoms with E-state index >= 15 is 0 Å². The van der Waals surface area contributed by atoms with Gasteiger partial charge in [-0.1, -0.05) is 30.3 Å². The van der Waals surface area contributed by atoms with E-state index in [0.717, 1.165) is 58.4 Å². The number of guanidine groups is 1. The van der Waals surface area contributed by atoms with Gasteiger partial charge in [-0.25, -0.2) is 0 Å². The molecule has 28 heavy (non-hydrogen) atoms. The Labute approximate surface area is 170 Å². The molecule has 0 aliphatic carbocycles. The molecule has 1 heterocycles. The van der Waals surface area contributed by atoms with Crippen LogP contribution in [-0.2, 0) is 9.47 Å². The highest BCUT2D eigenvalue weighted by atomic mass is 16.5. The van der Waals surface area contributed by atoms with Gasteiger partial charge in [-0.15, -0.1) is 0 Å². The van der Waals surface area contributed by atoms with Crippen LogP contribution in [0.4, 0.5) is 0 Å². The van der Waals surface area contributed by atoms with E-state index in [-0.39, 0.29) is 6.10 Å². The molecule has 0 bridgehead atoms. The standard InChI is InChI=1S/C22H38N4O2/c1-5-23-22(25-16-18(2)26-13-15-27-17-19(26)3)24-12-9-14-28-20(4)21-10-7-6-8-11-21/h6-8,10-11,18-20H,5,9,12-17H2,1-4H3,(H2,23,24,25). The number of nitrogens with one attached hydrogen (secondary N) is 2. The molecule has 2 rings (SSSR count). The SMILES string of the molecule is CCNC(=NCC(C)N1CCOCC1C)NCCCOC(C)c1ccccc1. The summed E-state index contributed by atoms with van der Waals surface area (Å²) in [4.78, 5) is 7.26. The van der Waals surface area contributed by atoms with E-state index in [1.807, 2.05) is 6.07 Å². The maximum atomic E-state index is 5.94. The molecule has 1 aliphatic heterocycles. The fourth-order valence-electron chi connectivity index (χ4n) is 3.42. The molecule has 0 radical (unpaired) electrons. The van der Waals surface area contributed by atoms with Crippen molar-refractivity contribution in [1.82, 2.24) is 15.5 Å². The fraction of sp³-hybridized carbons (Fsp3) is 0.682. The van der Waals surface area contributed by atoms with Gasteiger partial charge in [-0.05, 0) is 39.7 Å². The van der Waals surface area contributed by atoms with E-state index in [1.165, 1.54) is 5.56 Å². The normalized spacial score (nSPS) is 20.6. The lowest BCUT2D eigenvalue weighted by Gasteiger charge is -2.37. The molecule has 3 atom stereocenters. The zero-order valence-electron chi connectivity index (χ0n) is 18.0. The van der Waals surface area contributed by atoms with Gasteiger partial charge in [0.2, 0.25) is 0 Å². The van der Waals surface area contributed by atoms with Crippen LogP contribution in [0.15, 0.2) is 35.3 Å². The van der Waals surface area contributed by atoms with Crippen LogP contribution in [0.25, 0.3) is 0 Å². The van der Waals surface area contributed by atoms with Crippen LogP contribution in [0.5, 0.6) is 0 Å². The number of hydrogen-bond acceptors (Lipinski definition) is 4. The average Bonchev–Trinajstić information content (AvgIpc) is 2.72. The lowest BCUT2D eigenvalue weighted by Crippen LogP contribution is -2.49. The molecule has 1 aromatic carbocycles. The maximum absolute atomic E-state index is 5.94. The highest BCUT2D eigenvalue weighted by Gasteiger charge is 2.23. The van der Waals surface area contributed by atoms with Gasteiger partial charge < -0.3 is 20.1 Å². The number of benzene rings is 1. The van der Waals surface area contributed by atoms with Crippen LogP contribution in [-0.4, -0.2) is 68.9 Å². The minimum Gasteiger partial charge on any atom is -0.379 e. The van der Waals surface area contributed by atoms with Gasteiger partial charge in [0.15, 0.2) is 5.96 Å². The number of morpholine rings is 1. The van der Waals surface area contributed by atoms with Gasteiger partial charge in [0.25, 0.3) is 0 Å². The lowest BCUT2D eigenvalue weighted by atomic mass is 10.1. The van der Waals surface area contributed by atoms with Crippen LogP contribution < -0.4 is 10.6 Å². The second-order valence-electron chi connectivity index (χ2n) is 7.43. The number of rotatable bonds is 10. The first-order valence-corrected chi connectivity index (χ1v) is 10.6. The van der Waals surface area contributed by atoms with E-state index in [2.05, 4.69) is 67.5 Å². The summed E-state index contributed by atoms with van der Waals surface area (Å²) in [5.41, 5.74) is 1.22. The van der Waals surface area contributed by atoms with Crippen LogP contribution in [0.3, 0.4) is 0 Å². The summed E-state index contributed by atoms with van der Waals surface area (Å²) in [6.45, 7) is 14.5. The van der Waals surface area contributed by atoms with Gasteiger partial charge in [-0.2, -0.15) is 0 Å². The Morgan fingerprint density at radius 1 is 1.29 bits per heavy atom. The highest BCUT2D eigenvalue weighted by Crippen LogP contribution is 2.15. The average molecular weight is 391 g/mol. The third-order valence-electron chi connectivity index (χ3n) is 5.09. The molecule has 0 saturated carbocycles. The molecule has 1 aliphatic rings. The minimum atomic E-state index is 0.125. The van der Waals surface area contributed by atoms with Crippen LogP contribution >= 0.6 is 0 Å². The summed E-state index contributed by atoms with van der Waals surface area (Å²) >= 11 is 0. The summed E-state index contributed by atoms with van der Waals surface area (Å²) in [5.74, 6) is 0.881. The van der Waals surface area contributed by atoms with Crippen molar-refractivity contribution in [2.45, 2.75) is 52.3 Å². The summed E-state index contributed by atoms with van der Waals surface area (Å²) in [6, 6.07) is 11.2. The molecule has 0 amide bonds. The summed E-state index contributed by atoms with van der Waals surface area (Å²) in [6.07, 6.45) is 1.07. The zero-order valence-corrected chi connectivity index (χ0v) is 18.0. The molecule has 2 N–H and O–H groups in total. The first-order chi connectivity index (χ1) is 13.6. The molecule has 1 fully saturated rings. The summed E-state index contributed by atoms with van der Waals surface area (Å²) in [7, 11) is 0. The number of nitrogens with zero attached hydrogens (tertiary/aromatic N) is 2. The van der Waals surface area contributed by atoms with Crippen molar-refractivity contribution < 1.29 is 9.47 Å². The van der Waals surface area contributed by atoms with Crippen molar-refractivity contribution in [3.05, 3.63) is 35.9 Å². The Hall–Kier alpha value is -1.63. The Kier molecular flexibility index (Phi) is 10.3. The van der Waals surface area contributed by atoms with E-state index in [4.69, 9.17) is 14.5 Å². The fourth-order valence-corrected chi connectivity index (χ4v) is 3.42. The van der Waals surface area contributed by atoms with Crippen molar-refractivity contribution in [3.63, 3.8) is 0 Å². The van der Waals surface area contributed by atoms with Gasteiger partial charge in [-0.3, -0.25) is 9.89 Å². The van der Waals surface area contributed by atoms with Gasteiger partial charge >= 0.3 is 0 Å². The van der Waals surface area contributed by atoms with Crippen LogP contribution in [0.1, 0.15) is 45.8 Å². The minimum absolute atomic E-state index is 0.125. The molecule has 1 saturated heterocycles. The summed E-state index contributed by atoms with van der Waals surface area (Å²) < 4.78 is 11.5. The third kappa shape index (κ3) is 7.78. The van der Waals surface area contributed by atoms with Crippen LogP contribution in [0.2, 0.25) is 0 Å². The Morgan fingerprint density at radius 3 is 2.79 bits per heavy atom. The van der Waals surface area contributed by atoms with Gasteiger partial charge in [0.05, 0.1) is 25.9 Å². The first kappa shape index (κ1) is 22.7. The summed E-state index contributed by atoms with van der Waals surface area (Å²) in [5, 5.41) is 6.75. The predicted molar refractivity (Wildman–Crippen MR) is 116 cm³/mol. The smallest absolute Gasteiger partial charge is 0.191 e. The van der Waals surface area contributed by atoms with Crippen LogP contribution in [0, 0.1) is 0 Å². The quantitative estimate of drug-likeness (QED) is 0.365. The molecule has 3 unspecified atom stereocenters. The van der Waals surface area contributed by atoms with E-state index in [0.29, 0.717) is 12.1 Å². The van der Waals surface area contributed by atoms with E-state index in [9.17, 15) is 0 Å². The Morgan fingerprint density at radius 2 is 2.07 bits per heavy atom. The van der Waals surface area contributed by atoms with Gasteiger partial charge in [0, 0.05) is 38.3 Å². The molecule has 1 aromatic rings. The number of ether oxygens (including phenoxy) is 2. The molecular formula is C22H38N4O2. The topological polar surface area (TPSA) is 58.1 Å². The monoisotopic (exact) mass is 390 g/mol. The van der Waals surface area contributed by atoms with Gasteiger partial charge in [0.1, 0.15) is 0 Å². The first-order valence-electron chi connectivity index (χ1n) is 10.6. The van der Waals surface area contributed by atoms with Crippen molar-refractivity contribution in [1.29, 1.82) is 0 Å². The Bertz CT molecular complexity index is 567. The van der Waals surface area contributed by atoms with Crippen molar-refractivity contribution in [3.8, 4) is 0 Å². The Balaban J connectivity index is 1.69. The lowest BCUT2D eigenvalue weighted by molar-refractivity contribution is -0.0165. The molecular weight excluding hydrogens is 352 g/mol. The molecule has 6 nitrogen and oxygen atoms in total. The van der Waals surface area contributed by atoms with Crippen molar-refractivity contribution >= 4 is 5.96 Å². The second-order valence-corrected chi connectivity index (χ2v) is 7.43. The number of hydrogen-bond donors (Lipinski definition) is 2. The highest BCUT2D eigenvalue weighted by molar-refractivity contribution is 5.79. The third-order valence-corrected chi connectivity index (χ3v) is 5.09. The molecule has 0 aromatic heterocycles. The van der Waals surface area contributed by atoms with Crippen molar-refractivity contribution in [2.24, 2.45) is 4.99 Å². The predicted octanol–water partition coefficient (Wildman–Crippen LogP) is 2.82. The number of aliphatic imine (C=N–C) groups is 1.